The summed E-state index contributed by atoms with van der Waals surface area (Å²) in [5.41, 5.74) is 0.400. The standard InChI is InChI=1S/C10H11F2N/c11-8-3-4-9(12)10(7-8)13-5-1-2-6-13/h3-4,7H,1-2,5-6H2. The van der Waals surface area contributed by atoms with Gasteiger partial charge in [0.2, 0.25) is 0 Å². The lowest BCUT2D eigenvalue weighted by molar-refractivity contribution is 0.597. The summed E-state index contributed by atoms with van der Waals surface area (Å²) in [6.45, 7) is 1.67. The van der Waals surface area contributed by atoms with Gasteiger partial charge < -0.3 is 4.90 Å². The molecule has 0 spiro atoms. The topological polar surface area (TPSA) is 3.24 Å². The fourth-order valence-electron chi connectivity index (χ4n) is 1.69. The van der Waals surface area contributed by atoms with Gasteiger partial charge in [0.1, 0.15) is 11.6 Å². The third-order valence-electron chi connectivity index (χ3n) is 2.35. The summed E-state index contributed by atoms with van der Waals surface area (Å²) in [6, 6.07) is 3.60. The molecule has 0 saturated carbocycles. The van der Waals surface area contributed by atoms with Crippen molar-refractivity contribution in [3.63, 3.8) is 0 Å². The molecule has 2 rings (SSSR count). The largest absolute Gasteiger partial charge is 0.369 e. The highest BCUT2D eigenvalue weighted by Crippen LogP contribution is 2.23. The monoisotopic (exact) mass is 183 g/mol. The zero-order chi connectivity index (χ0) is 9.26. The van der Waals surface area contributed by atoms with Crippen LogP contribution in [0.25, 0.3) is 0 Å². The summed E-state index contributed by atoms with van der Waals surface area (Å²) in [7, 11) is 0. The molecule has 1 saturated heterocycles. The molecule has 0 atom stereocenters. The van der Waals surface area contributed by atoms with E-state index in [1.807, 2.05) is 4.90 Å². The van der Waals surface area contributed by atoms with Crippen LogP contribution >= 0.6 is 0 Å². The normalized spacial score (nSPS) is 16.6. The Labute approximate surface area is 76.0 Å². The van der Waals surface area contributed by atoms with Crippen molar-refractivity contribution in [3.8, 4) is 0 Å². The maximum absolute atomic E-state index is 13.2. The molecule has 1 fully saturated rings. The van der Waals surface area contributed by atoms with Crippen LogP contribution in [0.1, 0.15) is 12.8 Å². The van der Waals surface area contributed by atoms with E-state index in [0.717, 1.165) is 32.0 Å². The number of anilines is 1. The van der Waals surface area contributed by atoms with Gasteiger partial charge in [-0.05, 0) is 25.0 Å². The van der Waals surface area contributed by atoms with E-state index in [1.165, 1.54) is 12.1 Å². The van der Waals surface area contributed by atoms with E-state index in [9.17, 15) is 8.78 Å². The highest BCUT2D eigenvalue weighted by atomic mass is 19.1. The van der Waals surface area contributed by atoms with Gasteiger partial charge in [-0.25, -0.2) is 8.78 Å². The van der Waals surface area contributed by atoms with Crippen molar-refractivity contribution in [1.82, 2.24) is 0 Å². The Hall–Kier alpha value is -1.12. The average molecular weight is 183 g/mol. The molecule has 1 nitrogen and oxygen atoms in total. The lowest BCUT2D eigenvalue weighted by Gasteiger charge is -2.17. The van der Waals surface area contributed by atoms with E-state index in [4.69, 9.17) is 0 Å². The first-order valence-corrected chi connectivity index (χ1v) is 4.47. The Morgan fingerprint density at radius 1 is 1.08 bits per heavy atom. The molecular formula is C10H11F2N. The summed E-state index contributed by atoms with van der Waals surface area (Å²) in [4.78, 5) is 1.89. The predicted molar refractivity (Wildman–Crippen MR) is 47.8 cm³/mol. The molecule has 0 radical (unpaired) electrons. The summed E-state index contributed by atoms with van der Waals surface area (Å²) in [5, 5.41) is 0. The second-order valence-corrected chi connectivity index (χ2v) is 3.29. The summed E-state index contributed by atoms with van der Waals surface area (Å²) < 4.78 is 26.0. The Morgan fingerprint density at radius 3 is 2.46 bits per heavy atom. The maximum Gasteiger partial charge on any atom is 0.146 e. The number of rotatable bonds is 1. The second-order valence-electron chi connectivity index (χ2n) is 3.29. The number of hydrogen-bond donors (Lipinski definition) is 0. The number of nitrogens with zero attached hydrogens (tertiary/aromatic N) is 1. The highest BCUT2D eigenvalue weighted by Gasteiger charge is 2.16. The summed E-state index contributed by atoms with van der Waals surface area (Å²) in [6.07, 6.45) is 2.13. The molecule has 1 heterocycles. The molecule has 0 unspecified atom stereocenters. The van der Waals surface area contributed by atoms with Gasteiger partial charge in [0.25, 0.3) is 0 Å². The molecule has 1 aromatic rings. The van der Waals surface area contributed by atoms with E-state index < -0.39 is 0 Å². The van der Waals surface area contributed by atoms with Crippen LogP contribution in [-0.2, 0) is 0 Å². The second kappa shape index (κ2) is 3.32. The minimum atomic E-state index is -0.372. The number of halogens is 2. The zero-order valence-corrected chi connectivity index (χ0v) is 7.26. The molecule has 0 N–H and O–H groups in total. The van der Waals surface area contributed by atoms with Crippen molar-refractivity contribution < 1.29 is 8.78 Å². The van der Waals surface area contributed by atoms with Gasteiger partial charge in [-0.1, -0.05) is 0 Å². The van der Waals surface area contributed by atoms with Gasteiger partial charge in [0.05, 0.1) is 5.69 Å². The first kappa shape index (κ1) is 8.48. The first-order valence-electron chi connectivity index (χ1n) is 4.47. The minimum Gasteiger partial charge on any atom is -0.369 e. The van der Waals surface area contributed by atoms with Gasteiger partial charge in [-0.3, -0.25) is 0 Å². The average Bonchev–Trinajstić information content (AvgIpc) is 2.61. The van der Waals surface area contributed by atoms with Crippen molar-refractivity contribution in [1.29, 1.82) is 0 Å². The molecule has 1 aromatic carbocycles. The fraction of sp³-hybridized carbons (Fsp3) is 0.400. The Kier molecular flexibility index (Phi) is 2.17. The first-order chi connectivity index (χ1) is 6.27. The van der Waals surface area contributed by atoms with E-state index in [2.05, 4.69) is 0 Å². The SMILES string of the molecule is Fc1ccc(F)c(N2CCCC2)c1. The van der Waals surface area contributed by atoms with Crippen LogP contribution in [0, 0.1) is 11.6 Å². The van der Waals surface area contributed by atoms with E-state index in [0.29, 0.717) is 5.69 Å². The number of benzene rings is 1. The molecule has 0 aliphatic carbocycles. The smallest absolute Gasteiger partial charge is 0.146 e. The molecule has 0 amide bonds. The molecule has 13 heavy (non-hydrogen) atoms. The fourth-order valence-corrected chi connectivity index (χ4v) is 1.69. The van der Waals surface area contributed by atoms with Crippen LogP contribution in [0.3, 0.4) is 0 Å². The van der Waals surface area contributed by atoms with Crippen molar-refractivity contribution in [3.05, 3.63) is 29.8 Å². The summed E-state index contributed by atoms with van der Waals surface area (Å²) in [5.74, 6) is -0.702. The van der Waals surface area contributed by atoms with E-state index in [1.54, 1.807) is 0 Å². The molecule has 3 heteroatoms. The molecule has 1 aliphatic heterocycles. The van der Waals surface area contributed by atoms with E-state index >= 15 is 0 Å². The van der Waals surface area contributed by atoms with Crippen molar-refractivity contribution in [2.24, 2.45) is 0 Å². The molecule has 70 valence electrons. The lowest BCUT2D eigenvalue weighted by atomic mass is 10.2. The minimum absolute atomic E-state index is 0.330. The van der Waals surface area contributed by atoms with Gasteiger partial charge in [-0.2, -0.15) is 0 Å². The Morgan fingerprint density at radius 2 is 1.77 bits per heavy atom. The maximum atomic E-state index is 13.2. The lowest BCUT2D eigenvalue weighted by Crippen LogP contribution is -2.19. The molecule has 0 aromatic heterocycles. The number of hydrogen-bond acceptors (Lipinski definition) is 1. The van der Waals surface area contributed by atoms with Crippen LogP contribution in [0.4, 0.5) is 14.5 Å². The van der Waals surface area contributed by atoms with Gasteiger partial charge in [-0.15, -0.1) is 0 Å². The van der Waals surface area contributed by atoms with Crippen LogP contribution in [-0.4, -0.2) is 13.1 Å². The van der Waals surface area contributed by atoms with Gasteiger partial charge in [0.15, 0.2) is 0 Å². The third-order valence-corrected chi connectivity index (χ3v) is 2.35. The van der Waals surface area contributed by atoms with Crippen LogP contribution < -0.4 is 4.90 Å². The summed E-state index contributed by atoms with van der Waals surface area (Å²) >= 11 is 0. The Bertz CT molecular complexity index is 306. The van der Waals surface area contributed by atoms with Gasteiger partial charge in [0, 0.05) is 19.2 Å². The highest BCUT2D eigenvalue weighted by molar-refractivity contribution is 5.48. The van der Waals surface area contributed by atoms with Crippen LogP contribution in [0.5, 0.6) is 0 Å². The third kappa shape index (κ3) is 1.64. The Balaban J connectivity index is 2.32. The molecule has 0 bridgehead atoms. The zero-order valence-electron chi connectivity index (χ0n) is 7.26. The van der Waals surface area contributed by atoms with E-state index in [-0.39, 0.29) is 11.6 Å². The molecule has 1 aliphatic rings. The van der Waals surface area contributed by atoms with Crippen molar-refractivity contribution in [2.75, 3.05) is 18.0 Å². The predicted octanol–water partition coefficient (Wildman–Crippen LogP) is 2.57. The van der Waals surface area contributed by atoms with Crippen LogP contribution in [0.2, 0.25) is 0 Å². The van der Waals surface area contributed by atoms with Crippen molar-refractivity contribution in [2.45, 2.75) is 12.8 Å². The van der Waals surface area contributed by atoms with Gasteiger partial charge >= 0.3 is 0 Å². The van der Waals surface area contributed by atoms with Crippen LogP contribution in [0.15, 0.2) is 18.2 Å². The van der Waals surface area contributed by atoms with Crippen molar-refractivity contribution >= 4 is 5.69 Å². The quantitative estimate of drug-likeness (QED) is 0.646. The molecular weight excluding hydrogens is 172 g/mol.